The summed E-state index contributed by atoms with van der Waals surface area (Å²) in [7, 11) is 3.37. The molecule has 0 aliphatic carbocycles. The normalized spacial score (nSPS) is 15.5. The molecule has 1 fully saturated rings. The van der Waals surface area contributed by atoms with Crippen molar-refractivity contribution in [2.45, 2.75) is 25.4 Å². The minimum Gasteiger partial charge on any atom is -0.493 e. The number of hydrogen-bond acceptors (Lipinski definition) is 4. The van der Waals surface area contributed by atoms with E-state index >= 15 is 0 Å². The molecule has 1 aliphatic rings. The molecule has 0 atom stereocenters. The Morgan fingerprint density at radius 1 is 1.07 bits per heavy atom. The molecule has 0 bridgehead atoms. The molecule has 0 saturated carbocycles. The van der Waals surface area contributed by atoms with E-state index in [-0.39, 0.29) is 0 Å². The van der Waals surface area contributed by atoms with Gasteiger partial charge in [-0.3, -0.25) is 4.90 Å². The number of rotatable bonds is 8. The number of likely N-dealkylation sites (tertiary alicyclic amines) is 1. The second kappa shape index (κ2) is 9.58. The molecule has 0 aromatic heterocycles. The van der Waals surface area contributed by atoms with E-state index in [9.17, 15) is 0 Å². The molecule has 1 heterocycles. The summed E-state index contributed by atoms with van der Waals surface area (Å²) in [5.41, 5.74) is 3.60. The zero-order chi connectivity index (χ0) is 19.1. The maximum absolute atomic E-state index is 5.53. The van der Waals surface area contributed by atoms with E-state index in [0.717, 1.165) is 37.7 Å². The highest BCUT2D eigenvalue weighted by Gasteiger charge is 2.19. The fraction of sp³-hybridized carbons (Fsp3) is 0.391. The highest BCUT2D eigenvalue weighted by atomic mass is 16.5. The Hall–Kier alpha value is -2.30. The van der Waals surface area contributed by atoms with Crippen LogP contribution in [0.2, 0.25) is 0 Å². The molecule has 1 saturated heterocycles. The van der Waals surface area contributed by atoms with Crippen molar-refractivity contribution in [1.82, 2.24) is 10.2 Å². The van der Waals surface area contributed by atoms with Gasteiger partial charge in [0.2, 0.25) is 0 Å². The molecule has 0 spiro atoms. The molecule has 4 nitrogen and oxygen atoms in total. The van der Waals surface area contributed by atoms with Crippen LogP contribution in [0.25, 0.3) is 11.1 Å². The summed E-state index contributed by atoms with van der Waals surface area (Å²) in [5.74, 6) is 1.53. The Labute approximate surface area is 162 Å². The van der Waals surface area contributed by atoms with Gasteiger partial charge in [0.05, 0.1) is 14.2 Å². The van der Waals surface area contributed by atoms with Crippen molar-refractivity contribution in [1.29, 1.82) is 0 Å². The average Bonchev–Trinajstić information content (AvgIpc) is 2.73. The third kappa shape index (κ3) is 4.90. The first-order valence-electron chi connectivity index (χ1n) is 9.62. The number of hydrogen-bond donors (Lipinski definition) is 1. The fourth-order valence-electron chi connectivity index (χ4n) is 3.71. The van der Waals surface area contributed by atoms with E-state index in [1.165, 1.54) is 29.5 Å². The SMILES string of the molecule is C=CCN1CCC(NCc2cc(OC)c(OC)cc2-c2ccccc2)CC1. The van der Waals surface area contributed by atoms with Crippen LogP contribution in [0.4, 0.5) is 0 Å². The average molecular weight is 367 g/mol. The van der Waals surface area contributed by atoms with Gasteiger partial charge in [0, 0.05) is 19.1 Å². The summed E-state index contributed by atoms with van der Waals surface area (Å²) < 4.78 is 11.1. The first-order chi connectivity index (χ1) is 13.2. The molecular formula is C23H30N2O2. The molecule has 2 aromatic carbocycles. The molecule has 2 aromatic rings. The summed E-state index contributed by atoms with van der Waals surface area (Å²) >= 11 is 0. The fourth-order valence-corrected chi connectivity index (χ4v) is 3.71. The smallest absolute Gasteiger partial charge is 0.161 e. The van der Waals surface area contributed by atoms with E-state index in [2.05, 4.69) is 53.2 Å². The lowest BCUT2D eigenvalue weighted by Gasteiger charge is -2.32. The van der Waals surface area contributed by atoms with Crippen LogP contribution in [0.1, 0.15) is 18.4 Å². The molecule has 144 valence electrons. The lowest BCUT2D eigenvalue weighted by Crippen LogP contribution is -2.42. The topological polar surface area (TPSA) is 33.7 Å². The zero-order valence-corrected chi connectivity index (χ0v) is 16.4. The van der Waals surface area contributed by atoms with Gasteiger partial charge in [-0.1, -0.05) is 36.4 Å². The second-order valence-electron chi connectivity index (χ2n) is 6.97. The Bertz CT molecular complexity index is 738. The van der Waals surface area contributed by atoms with Gasteiger partial charge in [-0.2, -0.15) is 0 Å². The summed E-state index contributed by atoms with van der Waals surface area (Å²) in [4.78, 5) is 2.46. The molecule has 3 rings (SSSR count). The van der Waals surface area contributed by atoms with Crippen LogP contribution >= 0.6 is 0 Å². The van der Waals surface area contributed by atoms with Crippen LogP contribution in [-0.2, 0) is 6.54 Å². The summed E-state index contributed by atoms with van der Waals surface area (Å²) in [5, 5.41) is 3.75. The van der Waals surface area contributed by atoms with Crippen LogP contribution in [0.5, 0.6) is 11.5 Å². The van der Waals surface area contributed by atoms with E-state index in [0.29, 0.717) is 6.04 Å². The van der Waals surface area contributed by atoms with E-state index in [1.54, 1.807) is 14.2 Å². The molecule has 0 radical (unpaired) electrons. The highest BCUT2D eigenvalue weighted by Crippen LogP contribution is 2.35. The van der Waals surface area contributed by atoms with Gasteiger partial charge in [-0.15, -0.1) is 6.58 Å². The zero-order valence-electron chi connectivity index (χ0n) is 16.4. The van der Waals surface area contributed by atoms with Crippen molar-refractivity contribution in [2.24, 2.45) is 0 Å². The first kappa shape index (κ1) is 19.5. The van der Waals surface area contributed by atoms with Gasteiger partial charge >= 0.3 is 0 Å². The second-order valence-corrected chi connectivity index (χ2v) is 6.97. The molecular weight excluding hydrogens is 336 g/mol. The predicted octanol–water partition coefficient (Wildman–Crippen LogP) is 4.11. The van der Waals surface area contributed by atoms with Gasteiger partial charge in [0.1, 0.15) is 0 Å². The summed E-state index contributed by atoms with van der Waals surface area (Å²) in [6.07, 6.45) is 4.33. The molecule has 1 aliphatic heterocycles. The number of nitrogens with zero attached hydrogens (tertiary/aromatic N) is 1. The first-order valence-corrected chi connectivity index (χ1v) is 9.62. The number of nitrogens with one attached hydrogen (secondary N) is 1. The summed E-state index contributed by atoms with van der Waals surface area (Å²) in [6.45, 7) is 7.89. The van der Waals surface area contributed by atoms with Crippen molar-refractivity contribution >= 4 is 0 Å². The predicted molar refractivity (Wildman–Crippen MR) is 111 cm³/mol. The van der Waals surface area contributed by atoms with Crippen molar-refractivity contribution in [3.05, 3.63) is 60.7 Å². The molecule has 27 heavy (non-hydrogen) atoms. The van der Waals surface area contributed by atoms with E-state index in [1.807, 2.05) is 12.1 Å². The lowest BCUT2D eigenvalue weighted by molar-refractivity contribution is 0.214. The molecule has 0 unspecified atom stereocenters. The third-order valence-corrected chi connectivity index (χ3v) is 5.25. The largest absolute Gasteiger partial charge is 0.493 e. The Balaban J connectivity index is 1.76. The van der Waals surface area contributed by atoms with Crippen molar-refractivity contribution in [2.75, 3.05) is 33.9 Å². The van der Waals surface area contributed by atoms with E-state index < -0.39 is 0 Å². The van der Waals surface area contributed by atoms with Gasteiger partial charge in [-0.25, -0.2) is 0 Å². The highest BCUT2D eigenvalue weighted by molar-refractivity contribution is 5.71. The summed E-state index contributed by atoms with van der Waals surface area (Å²) in [6, 6.07) is 15.2. The molecule has 0 amide bonds. The lowest BCUT2D eigenvalue weighted by atomic mass is 9.97. The van der Waals surface area contributed by atoms with Crippen LogP contribution in [0.15, 0.2) is 55.1 Å². The Morgan fingerprint density at radius 3 is 2.37 bits per heavy atom. The monoisotopic (exact) mass is 366 g/mol. The Kier molecular flexibility index (Phi) is 6.91. The van der Waals surface area contributed by atoms with Crippen LogP contribution in [0.3, 0.4) is 0 Å². The van der Waals surface area contributed by atoms with E-state index in [4.69, 9.17) is 9.47 Å². The quantitative estimate of drug-likeness (QED) is 0.713. The van der Waals surface area contributed by atoms with Gasteiger partial charge in [0.25, 0.3) is 0 Å². The van der Waals surface area contributed by atoms with Crippen molar-refractivity contribution < 1.29 is 9.47 Å². The number of methoxy groups -OCH3 is 2. The maximum atomic E-state index is 5.53. The third-order valence-electron chi connectivity index (χ3n) is 5.25. The minimum atomic E-state index is 0.544. The van der Waals surface area contributed by atoms with Crippen molar-refractivity contribution in [3.63, 3.8) is 0 Å². The number of piperidine rings is 1. The Morgan fingerprint density at radius 2 is 1.74 bits per heavy atom. The molecule has 4 heteroatoms. The molecule has 1 N–H and O–H groups in total. The van der Waals surface area contributed by atoms with Crippen molar-refractivity contribution in [3.8, 4) is 22.6 Å². The van der Waals surface area contributed by atoms with Crippen LogP contribution in [-0.4, -0.2) is 44.8 Å². The number of benzene rings is 2. The van der Waals surface area contributed by atoms with Gasteiger partial charge in [0.15, 0.2) is 11.5 Å². The van der Waals surface area contributed by atoms with Crippen LogP contribution in [0, 0.1) is 0 Å². The van der Waals surface area contributed by atoms with Crippen LogP contribution < -0.4 is 14.8 Å². The standard InChI is InChI=1S/C23H30N2O2/c1-4-12-25-13-10-20(11-14-25)24-17-19-15-22(26-2)23(27-3)16-21(19)18-8-6-5-7-9-18/h4-9,15-16,20,24H,1,10-14,17H2,2-3H3. The van der Waals surface area contributed by atoms with Gasteiger partial charge in [-0.05, 0) is 54.8 Å². The maximum Gasteiger partial charge on any atom is 0.161 e. The number of ether oxygens (including phenoxy) is 2. The minimum absolute atomic E-state index is 0.544. The van der Waals surface area contributed by atoms with Gasteiger partial charge < -0.3 is 14.8 Å².